The number of halogens is 2. The standard InChI is InChI=1S/C14H20ClFN2O/c1-10(2)17-7-3-4-14(19)18-9-11-5-6-13(16)12(15)8-11/h5-6,8,10,17H,3-4,7,9H2,1-2H3,(H,18,19). The van der Waals surface area contributed by atoms with Gasteiger partial charge in [0.25, 0.3) is 0 Å². The van der Waals surface area contributed by atoms with E-state index < -0.39 is 5.82 Å². The largest absolute Gasteiger partial charge is 0.352 e. The van der Waals surface area contributed by atoms with Crippen LogP contribution in [0.4, 0.5) is 4.39 Å². The second-order valence-corrected chi connectivity index (χ2v) is 5.14. The molecule has 5 heteroatoms. The number of hydrogen-bond donors (Lipinski definition) is 2. The fourth-order valence-electron chi connectivity index (χ4n) is 1.58. The van der Waals surface area contributed by atoms with E-state index in [-0.39, 0.29) is 10.9 Å². The second kappa shape index (κ2) is 8.12. The minimum Gasteiger partial charge on any atom is -0.352 e. The van der Waals surface area contributed by atoms with Crippen molar-refractivity contribution in [1.29, 1.82) is 0 Å². The first-order valence-electron chi connectivity index (χ1n) is 6.43. The predicted octanol–water partition coefficient (Wildman–Crippen LogP) is 2.87. The van der Waals surface area contributed by atoms with Crippen molar-refractivity contribution >= 4 is 17.5 Å². The molecular weight excluding hydrogens is 267 g/mol. The van der Waals surface area contributed by atoms with Crippen molar-refractivity contribution in [2.24, 2.45) is 0 Å². The van der Waals surface area contributed by atoms with E-state index in [1.807, 2.05) is 0 Å². The van der Waals surface area contributed by atoms with E-state index in [1.165, 1.54) is 12.1 Å². The lowest BCUT2D eigenvalue weighted by Crippen LogP contribution is -2.27. The molecule has 2 N–H and O–H groups in total. The third kappa shape index (κ3) is 6.55. The molecule has 1 rings (SSSR count). The molecule has 0 aliphatic carbocycles. The van der Waals surface area contributed by atoms with Crippen molar-refractivity contribution in [2.45, 2.75) is 39.3 Å². The van der Waals surface area contributed by atoms with E-state index in [0.717, 1.165) is 18.5 Å². The van der Waals surface area contributed by atoms with Gasteiger partial charge >= 0.3 is 0 Å². The lowest BCUT2D eigenvalue weighted by atomic mass is 10.2. The van der Waals surface area contributed by atoms with Gasteiger partial charge < -0.3 is 10.6 Å². The Bertz CT molecular complexity index is 424. The van der Waals surface area contributed by atoms with Crippen molar-refractivity contribution in [1.82, 2.24) is 10.6 Å². The van der Waals surface area contributed by atoms with Crippen molar-refractivity contribution in [3.8, 4) is 0 Å². The molecule has 0 spiro atoms. The summed E-state index contributed by atoms with van der Waals surface area (Å²) in [7, 11) is 0. The Kier molecular flexibility index (Phi) is 6.81. The highest BCUT2D eigenvalue weighted by molar-refractivity contribution is 6.30. The molecule has 3 nitrogen and oxygen atoms in total. The van der Waals surface area contributed by atoms with E-state index in [1.54, 1.807) is 6.07 Å². The van der Waals surface area contributed by atoms with Crippen LogP contribution in [0.15, 0.2) is 18.2 Å². The van der Waals surface area contributed by atoms with Gasteiger partial charge in [0.2, 0.25) is 5.91 Å². The van der Waals surface area contributed by atoms with Crippen LogP contribution in [0.5, 0.6) is 0 Å². The summed E-state index contributed by atoms with van der Waals surface area (Å²) in [6.07, 6.45) is 1.28. The fourth-order valence-corrected chi connectivity index (χ4v) is 1.78. The number of amides is 1. The zero-order valence-electron chi connectivity index (χ0n) is 11.3. The van der Waals surface area contributed by atoms with Gasteiger partial charge in [-0.05, 0) is 30.7 Å². The van der Waals surface area contributed by atoms with Crippen LogP contribution in [0.2, 0.25) is 5.02 Å². The molecule has 0 heterocycles. The average molecular weight is 287 g/mol. The van der Waals surface area contributed by atoms with Crippen molar-refractivity contribution < 1.29 is 9.18 Å². The van der Waals surface area contributed by atoms with E-state index in [9.17, 15) is 9.18 Å². The fraction of sp³-hybridized carbons (Fsp3) is 0.500. The zero-order chi connectivity index (χ0) is 14.3. The lowest BCUT2D eigenvalue weighted by molar-refractivity contribution is -0.121. The van der Waals surface area contributed by atoms with Gasteiger partial charge in [-0.15, -0.1) is 0 Å². The average Bonchev–Trinajstić information content (AvgIpc) is 2.36. The molecule has 1 aromatic carbocycles. The molecule has 0 bridgehead atoms. The molecule has 106 valence electrons. The minimum atomic E-state index is -0.448. The highest BCUT2D eigenvalue weighted by Crippen LogP contribution is 2.15. The molecule has 0 aliphatic heterocycles. The Hall–Kier alpha value is -1.13. The van der Waals surface area contributed by atoms with Gasteiger partial charge in [0.15, 0.2) is 0 Å². The van der Waals surface area contributed by atoms with Crippen LogP contribution in [-0.2, 0) is 11.3 Å². The van der Waals surface area contributed by atoms with E-state index >= 15 is 0 Å². The summed E-state index contributed by atoms with van der Waals surface area (Å²) in [5.74, 6) is -0.456. The first-order valence-corrected chi connectivity index (χ1v) is 6.81. The van der Waals surface area contributed by atoms with Gasteiger partial charge in [-0.1, -0.05) is 31.5 Å². The van der Waals surface area contributed by atoms with E-state index in [0.29, 0.717) is 19.0 Å². The summed E-state index contributed by atoms with van der Waals surface area (Å²) in [6.45, 7) is 5.33. The third-order valence-corrected chi connectivity index (χ3v) is 2.90. The maximum absolute atomic E-state index is 12.9. The number of nitrogens with one attached hydrogen (secondary N) is 2. The summed E-state index contributed by atoms with van der Waals surface area (Å²) in [5.41, 5.74) is 0.792. The monoisotopic (exact) mass is 286 g/mol. The molecule has 0 aromatic heterocycles. The van der Waals surface area contributed by atoms with Gasteiger partial charge in [-0.25, -0.2) is 4.39 Å². The highest BCUT2D eigenvalue weighted by atomic mass is 35.5. The number of carbonyl (C=O) groups excluding carboxylic acids is 1. The van der Waals surface area contributed by atoms with Gasteiger partial charge in [-0.2, -0.15) is 0 Å². The Morgan fingerprint density at radius 3 is 2.79 bits per heavy atom. The minimum absolute atomic E-state index is 0.00833. The van der Waals surface area contributed by atoms with Crippen LogP contribution in [0.3, 0.4) is 0 Å². The van der Waals surface area contributed by atoms with Crippen LogP contribution in [-0.4, -0.2) is 18.5 Å². The molecule has 0 atom stereocenters. The molecular formula is C14H20ClFN2O. The summed E-state index contributed by atoms with van der Waals surface area (Å²) in [6, 6.07) is 4.87. The molecule has 19 heavy (non-hydrogen) atoms. The molecule has 1 amide bonds. The van der Waals surface area contributed by atoms with Crippen molar-refractivity contribution in [3.05, 3.63) is 34.6 Å². The maximum atomic E-state index is 12.9. The molecule has 0 aliphatic rings. The SMILES string of the molecule is CC(C)NCCCC(=O)NCc1ccc(F)c(Cl)c1. The summed E-state index contributed by atoms with van der Waals surface area (Å²) < 4.78 is 12.9. The smallest absolute Gasteiger partial charge is 0.220 e. The Morgan fingerprint density at radius 2 is 2.16 bits per heavy atom. The van der Waals surface area contributed by atoms with Crippen molar-refractivity contribution in [3.63, 3.8) is 0 Å². The van der Waals surface area contributed by atoms with E-state index in [4.69, 9.17) is 11.6 Å². The molecule has 0 radical (unpaired) electrons. The van der Waals surface area contributed by atoms with Crippen LogP contribution < -0.4 is 10.6 Å². The first kappa shape index (κ1) is 15.9. The van der Waals surface area contributed by atoms with Gasteiger partial charge in [0.1, 0.15) is 5.82 Å². The Balaban J connectivity index is 2.24. The number of carbonyl (C=O) groups is 1. The Labute approximate surface area is 118 Å². The maximum Gasteiger partial charge on any atom is 0.220 e. The highest BCUT2D eigenvalue weighted by Gasteiger charge is 2.04. The normalized spacial score (nSPS) is 10.8. The molecule has 1 aromatic rings. The number of rotatable bonds is 7. The lowest BCUT2D eigenvalue weighted by Gasteiger charge is -2.08. The quantitative estimate of drug-likeness (QED) is 0.757. The Morgan fingerprint density at radius 1 is 1.42 bits per heavy atom. The first-order chi connectivity index (χ1) is 8.99. The predicted molar refractivity (Wildman–Crippen MR) is 75.6 cm³/mol. The van der Waals surface area contributed by atoms with Gasteiger partial charge in [-0.3, -0.25) is 4.79 Å². The zero-order valence-corrected chi connectivity index (χ0v) is 12.1. The van der Waals surface area contributed by atoms with Crippen LogP contribution in [0, 0.1) is 5.82 Å². The van der Waals surface area contributed by atoms with E-state index in [2.05, 4.69) is 24.5 Å². The molecule has 0 saturated carbocycles. The number of benzene rings is 1. The molecule has 0 unspecified atom stereocenters. The number of hydrogen-bond acceptors (Lipinski definition) is 2. The van der Waals surface area contributed by atoms with Gasteiger partial charge in [0, 0.05) is 19.0 Å². The topological polar surface area (TPSA) is 41.1 Å². The summed E-state index contributed by atoms with van der Waals surface area (Å²) in [4.78, 5) is 11.6. The van der Waals surface area contributed by atoms with Crippen LogP contribution in [0.1, 0.15) is 32.3 Å². The van der Waals surface area contributed by atoms with Crippen molar-refractivity contribution in [2.75, 3.05) is 6.54 Å². The van der Waals surface area contributed by atoms with Gasteiger partial charge in [0.05, 0.1) is 5.02 Å². The second-order valence-electron chi connectivity index (χ2n) is 4.74. The summed E-state index contributed by atoms with van der Waals surface area (Å²) in [5, 5.41) is 6.11. The summed E-state index contributed by atoms with van der Waals surface area (Å²) >= 11 is 5.67. The van der Waals surface area contributed by atoms with Crippen LogP contribution in [0.25, 0.3) is 0 Å². The molecule has 0 saturated heterocycles. The third-order valence-electron chi connectivity index (χ3n) is 2.61. The van der Waals surface area contributed by atoms with Crippen LogP contribution >= 0.6 is 11.6 Å². The molecule has 0 fully saturated rings.